The molecule has 17 heavy (non-hydrogen) atoms. The normalized spacial score (nSPS) is 20.6. The van der Waals surface area contributed by atoms with Crippen LogP contribution in [-0.2, 0) is 0 Å². The molecule has 0 aliphatic carbocycles. The summed E-state index contributed by atoms with van der Waals surface area (Å²) in [5.74, 6) is 0.568. The Balaban J connectivity index is 1.64. The van der Waals surface area contributed by atoms with E-state index in [9.17, 15) is 0 Å². The van der Waals surface area contributed by atoms with E-state index in [0.717, 1.165) is 24.2 Å². The molecule has 90 valence electrons. The average molecular weight is 232 g/mol. The van der Waals surface area contributed by atoms with Crippen molar-refractivity contribution in [1.82, 2.24) is 10.3 Å². The van der Waals surface area contributed by atoms with E-state index in [1.54, 1.807) is 0 Å². The zero-order chi connectivity index (χ0) is 11.5. The summed E-state index contributed by atoms with van der Waals surface area (Å²) in [5.41, 5.74) is 1.63. The van der Waals surface area contributed by atoms with E-state index in [0.29, 0.717) is 18.6 Å². The van der Waals surface area contributed by atoms with Crippen molar-refractivity contribution < 1.29 is 9.15 Å². The van der Waals surface area contributed by atoms with E-state index in [4.69, 9.17) is 9.15 Å². The lowest BCUT2D eigenvalue weighted by atomic mass is 10.0. The lowest BCUT2D eigenvalue weighted by molar-refractivity contribution is 0.175. The highest BCUT2D eigenvalue weighted by Crippen LogP contribution is 2.21. The van der Waals surface area contributed by atoms with Crippen LogP contribution in [0.25, 0.3) is 11.1 Å². The van der Waals surface area contributed by atoms with Crippen LogP contribution < -0.4 is 10.1 Å². The van der Waals surface area contributed by atoms with Crippen molar-refractivity contribution in [3.63, 3.8) is 0 Å². The molecule has 4 heteroatoms. The molecule has 1 fully saturated rings. The largest absolute Gasteiger partial charge is 0.450 e. The molecule has 0 amide bonds. The Morgan fingerprint density at radius 2 is 2.35 bits per heavy atom. The van der Waals surface area contributed by atoms with E-state index < -0.39 is 0 Å². The molecule has 1 atom stereocenters. The Kier molecular flexibility index (Phi) is 2.96. The van der Waals surface area contributed by atoms with Crippen LogP contribution in [0.5, 0.6) is 6.08 Å². The number of nitrogens with zero attached hydrogens (tertiary/aromatic N) is 1. The van der Waals surface area contributed by atoms with E-state index in [-0.39, 0.29) is 0 Å². The second kappa shape index (κ2) is 4.75. The lowest BCUT2D eigenvalue weighted by Gasteiger charge is -2.21. The molecule has 0 unspecified atom stereocenters. The van der Waals surface area contributed by atoms with Crippen molar-refractivity contribution in [2.45, 2.75) is 12.8 Å². The highest BCUT2D eigenvalue weighted by molar-refractivity contribution is 5.72. The third-order valence-corrected chi connectivity index (χ3v) is 3.12. The SMILES string of the molecule is c1ccc2oc(OC[C@@H]3CCCNC3)nc2c1. The van der Waals surface area contributed by atoms with Gasteiger partial charge in [0.15, 0.2) is 5.58 Å². The summed E-state index contributed by atoms with van der Waals surface area (Å²) in [5, 5.41) is 3.37. The van der Waals surface area contributed by atoms with Crippen LogP contribution in [0.2, 0.25) is 0 Å². The standard InChI is InChI=1S/C13H16N2O2/c1-2-6-12-11(5-1)15-13(17-12)16-9-10-4-3-7-14-8-10/h1-2,5-6,10,14H,3-4,7-9H2/t10-/m1/s1. The van der Waals surface area contributed by atoms with Crippen LogP contribution in [0.3, 0.4) is 0 Å². The van der Waals surface area contributed by atoms with Crippen LogP contribution in [0, 0.1) is 5.92 Å². The number of piperidine rings is 1. The second-order valence-electron chi connectivity index (χ2n) is 4.47. The molecule has 0 bridgehead atoms. The van der Waals surface area contributed by atoms with Crippen molar-refractivity contribution in [2.75, 3.05) is 19.7 Å². The van der Waals surface area contributed by atoms with Gasteiger partial charge < -0.3 is 14.5 Å². The number of hydrogen-bond donors (Lipinski definition) is 1. The fourth-order valence-corrected chi connectivity index (χ4v) is 2.17. The van der Waals surface area contributed by atoms with Gasteiger partial charge in [0.05, 0.1) is 6.61 Å². The first-order valence-corrected chi connectivity index (χ1v) is 6.11. The van der Waals surface area contributed by atoms with Crippen molar-refractivity contribution in [1.29, 1.82) is 0 Å². The number of aromatic nitrogens is 1. The van der Waals surface area contributed by atoms with Gasteiger partial charge in [-0.1, -0.05) is 12.1 Å². The number of ether oxygens (including phenoxy) is 1. The quantitative estimate of drug-likeness (QED) is 0.881. The Bertz CT molecular complexity index is 456. The average Bonchev–Trinajstić information content (AvgIpc) is 2.80. The molecule has 0 spiro atoms. The molecule has 1 aromatic carbocycles. The minimum Gasteiger partial charge on any atom is -0.450 e. The van der Waals surface area contributed by atoms with Gasteiger partial charge >= 0.3 is 6.08 Å². The molecule has 0 radical (unpaired) electrons. The highest BCUT2D eigenvalue weighted by Gasteiger charge is 2.15. The third kappa shape index (κ3) is 2.42. The van der Waals surface area contributed by atoms with Crippen LogP contribution in [-0.4, -0.2) is 24.7 Å². The highest BCUT2D eigenvalue weighted by atomic mass is 16.6. The summed E-state index contributed by atoms with van der Waals surface area (Å²) in [6.07, 6.45) is 2.83. The van der Waals surface area contributed by atoms with Crippen LogP contribution in [0.1, 0.15) is 12.8 Å². The Hall–Kier alpha value is -1.55. The van der Waals surface area contributed by atoms with Gasteiger partial charge in [-0.3, -0.25) is 0 Å². The fourth-order valence-electron chi connectivity index (χ4n) is 2.17. The van der Waals surface area contributed by atoms with E-state index in [1.165, 1.54) is 12.8 Å². The number of rotatable bonds is 3. The zero-order valence-corrected chi connectivity index (χ0v) is 9.69. The van der Waals surface area contributed by atoms with Crippen LogP contribution >= 0.6 is 0 Å². The van der Waals surface area contributed by atoms with Gasteiger partial charge in [-0.05, 0) is 31.5 Å². The molecule has 2 heterocycles. The van der Waals surface area contributed by atoms with Gasteiger partial charge in [0.25, 0.3) is 0 Å². The number of oxazole rings is 1. The number of fused-ring (bicyclic) bond motifs is 1. The minimum absolute atomic E-state index is 0.386. The molecule has 1 saturated heterocycles. The van der Waals surface area contributed by atoms with Gasteiger partial charge in [-0.25, -0.2) is 0 Å². The molecule has 3 rings (SSSR count). The van der Waals surface area contributed by atoms with Crippen LogP contribution in [0.4, 0.5) is 0 Å². The maximum Gasteiger partial charge on any atom is 0.394 e. The van der Waals surface area contributed by atoms with Crippen molar-refractivity contribution in [3.05, 3.63) is 24.3 Å². The van der Waals surface area contributed by atoms with Gasteiger partial charge in [-0.15, -0.1) is 0 Å². The van der Waals surface area contributed by atoms with Crippen molar-refractivity contribution >= 4 is 11.1 Å². The van der Waals surface area contributed by atoms with Crippen LogP contribution in [0.15, 0.2) is 28.7 Å². The lowest BCUT2D eigenvalue weighted by Crippen LogP contribution is -2.33. The number of para-hydroxylation sites is 2. The maximum absolute atomic E-state index is 5.61. The number of hydrogen-bond acceptors (Lipinski definition) is 4. The monoisotopic (exact) mass is 232 g/mol. The predicted octanol–water partition coefficient (Wildman–Crippen LogP) is 2.21. The van der Waals surface area contributed by atoms with Crippen molar-refractivity contribution in [2.24, 2.45) is 5.92 Å². The molecule has 0 saturated carbocycles. The summed E-state index contributed by atoms with van der Waals surface area (Å²) >= 11 is 0. The first-order chi connectivity index (χ1) is 8.42. The van der Waals surface area contributed by atoms with Gasteiger partial charge in [0.2, 0.25) is 0 Å². The first kappa shape index (κ1) is 10.6. The maximum atomic E-state index is 5.61. The molecule has 4 nitrogen and oxygen atoms in total. The fraction of sp³-hybridized carbons (Fsp3) is 0.462. The smallest absolute Gasteiger partial charge is 0.394 e. The van der Waals surface area contributed by atoms with Gasteiger partial charge in [0.1, 0.15) is 5.52 Å². The van der Waals surface area contributed by atoms with Gasteiger partial charge in [0, 0.05) is 12.5 Å². The predicted molar refractivity (Wildman–Crippen MR) is 65.1 cm³/mol. The molecular weight excluding hydrogens is 216 g/mol. The topological polar surface area (TPSA) is 47.3 Å². The number of nitrogens with one attached hydrogen (secondary N) is 1. The third-order valence-electron chi connectivity index (χ3n) is 3.12. The summed E-state index contributed by atoms with van der Waals surface area (Å²) in [7, 11) is 0. The Morgan fingerprint density at radius 1 is 1.41 bits per heavy atom. The van der Waals surface area contributed by atoms with E-state index >= 15 is 0 Å². The summed E-state index contributed by atoms with van der Waals surface area (Å²) in [6, 6.07) is 7.70. The molecule has 1 aliphatic rings. The van der Waals surface area contributed by atoms with Crippen molar-refractivity contribution in [3.8, 4) is 6.08 Å². The van der Waals surface area contributed by atoms with E-state index in [1.807, 2.05) is 24.3 Å². The Labute approximate surface area is 100.0 Å². The van der Waals surface area contributed by atoms with Gasteiger partial charge in [-0.2, -0.15) is 4.98 Å². The number of benzene rings is 1. The first-order valence-electron chi connectivity index (χ1n) is 6.11. The second-order valence-corrected chi connectivity index (χ2v) is 4.47. The molecule has 1 N–H and O–H groups in total. The molecular formula is C13H16N2O2. The van der Waals surface area contributed by atoms with E-state index in [2.05, 4.69) is 10.3 Å². The molecule has 1 aliphatic heterocycles. The summed E-state index contributed by atoms with van der Waals surface area (Å²) in [4.78, 5) is 4.29. The minimum atomic E-state index is 0.386. The molecule has 1 aromatic heterocycles. The summed E-state index contributed by atoms with van der Waals surface area (Å²) < 4.78 is 11.1. The molecule has 2 aromatic rings. The summed E-state index contributed by atoms with van der Waals surface area (Å²) in [6.45, 7) is 2.83. The zero-order valence-electron chi connectivity index (χ0n) is 9.69. The Morgan fingerprint density at radius 3 is 3.18 bits per heavy atom.